The van der Waals surface area contributed by atoms with Crippen LogP contribution in [0.4, 0.5) is 0 Å². The molecular weight excluding hydrogens is 1040 g/mol. The van der Waals surface area contributed by atoms with Crippen LogP contribution < -0.4 is 21.3 Å². The minimum Gasteiger partial charge on any atom is -0.508 e. The molecule has 0 amide bonds. The number of benzene rings is 4. The van der Waals surface area contributed by atoms with Crippen molar-refractivity contribution in [2.24, 2.45) is 23.7 Å². The Morgan fingerprint density at radius 2 is 0.887 bits per heavy atom. The van der Waals surface area contributed by atoms with Gasteiger partial charge >= 0.3 is 0 Å². The fraction of sp³-hybridized carbons (Fsp3) is 0.631. The predicted molar refractivity (Wildman–Crippen MR) is 328 cm³/mol. The number of fused-ring (bicyclic) bond motifs is 2. The van der Waals surface area contributed by atoms with Gasteiger partial charge in [-0.1, -0.05) is 105 Å². The second kappa shape index (κ2) is 30.1. The highest BCUT2D eigenvalue weighted by Gasteiger charge is 2.44. The molecule has 2 aliphatic carbocycles. The molecule has 4 fully saturated rings. The highest BCUT2D eigenvalue weighted by atomic mass is 32.2. The van der Waals surface area contributed by atoms with Gasteiger partial charge in [0, 0.05) is 88.3 Å². The van der Waals surface area contributed by atoms with E-state index >= 15 is 0 Å². The van der Waals surface area contributed by atoms with E-state index in [9.17, 15) is 35.7 Å². The summed E-state index contributed by atoms with van der Waals surface area (Å²) >= 11 is 3.32. The van der Waals surface area contributed by atoms with Crippen LogP contribution in [0.2, 0.25) is 0 Å². The number of thioether (sulfide) groups is 2. The summed E-state index contributed by atoms with van der Waals surface area (Å²) in [5.74, 6) is 3.74. The Labute approximate surface area is 488 Å². The standard InChI is InChI=1S/C33H51N3O3S.C32H49N3O4S/c1-22-12-11-17-27(23(22)2)31(38)34-28(21-40-26-15-7-6-8-16-26)30(37)20-36-19-25-14-10-9-13-24(25)18-29(36)32(39)35-33(3,4)5;1-21-25(15-10-16-28(21)36)30(38)33-26(20-40-24-13-6-5-7-14-24)29(37)19-35-18-23-12-9-8-11-22(23)17-27(35)31(39)34-32(2,3)4/h6-8,11-12,15-17,24-25,28-32,34-35,37-39H,9-10,13-14,18-21H2,1-5H3;5-7,10,13-16,22-23,26-27,29-31,33-34,36-39H,8-9,11-12,17-20H2,1-4H3/t24-,25+,28-,29-,30+,31+,32+;22-,23+,26-,27-,29+,30+,31+/m00/s1. The summed E-state index contributed by atoms with van der Waals surface area (Å²) in [5.41, 5.74) is 3.80. The van der Waals surface area contributed by atoms with Gasteiger partial charge in [0.2, 0.25) is 0 Å². The molecule has 444 valence electrons. The number of phenolic OH excluding ortho intramolecular Hbond substituents is 1. The fourth-order valence-electron chi connectivity index (χ4n) is 12.9. The third-order valence-corrected chi connectivity index (χ3v) is 19.7. The zero-order valence-corrected chi connectivity index (χ0v) is 51.1. The fourth-order valence-corrected chi connectivity index (χ4v) is 15.0. The monoisotopic (exact) mass is 1140 g/mol. The van der Waals surface area contributed by atoms with Gasteiger partial charge in [-0.25, -0.2) is 0 Å². The molecule has 2 saturated heterocycles. The van der Waals surface area contributed by atoms with Crippen LogP contribution in [0.25, 0.3) is 0 Å². The number of aliphatic hydroxyl groups excluding tert-OH is 6. The second-order valence-electron chi connectivity index (χ2n) is 25.8. The third-order valence-electron chi connectivity index (χ3n) is 17.4. The second-order valence-corrected chi connectivity index (χ2v) is 28.0. The van der Waals surface area contributed by atoms with Crippen LogP contribution in [-0.4, -0.2) is 143 Å². The van der Waals surface area contributed by atoms with Gasteiger partial charge in [0.1, 0.15) is 30.7 Å². The molecule has 15 heteroatoms. The quantitative estimate of drug-likeness (QED) is 0.0263. The van der Waals surface area contributed by atoms with Gasteiger partial charge in [-0.15, -0.1) is 23.5 Å². The van der Waals surface area contributed by atoms with Crippen LogP contribution >= 0.6 is 23.5 Å². The number of aromatic hydroxyl groups is 1. The molecule has 2 saturated carbocycles. The topological polar surface area (TPSA) is 196 Å². The van der Waals surface area contributed by atoms with E-state index in [1.165, 1.54) is 51.4 Å². The van der Waals surface area contributed by atoms with Crippen molar-refractivity contribution in [2.75, 3.05) is 37.7 Å². The number of rotatable bonds is 22. The van der Waals surface area contributed by atoms with Gasteiger partial charge in [-0.3, -0.25) is 31.1 Å². The van der Waals surface area contributed by atoms with Crippen LogP contribution in [0, 0.1) is 44.4 Å². The maximum absolute atomic E-state index is 11.8. The van der Waals surface area contributed by atoms with Crippen LogP contribution in [0.1, 0.15) is 146 Å². The molecule has 0 aromatic heterocycles. The zero-order valence-electron chi connectivity index (χ0n) is 49.5. The maximum Gasteiger partial charge on any atom is 0.131 e. The summed E-state index contributed by atoms with van der Waals surface area (Å²) in [5, 5.41) is 92.2. The third kappa shape index (κ3) is 19.0. The normalized spacial score (nSPS) is 25.1. The molecule has 13 nitrogen and oxygen atoms in total. The Hall–Kier alpha value is -3.10. The molecule has 8 rings (SSSR count). The van der Waals surface area contributed by atoms with Crippen molar-refractivity contribution in [2.45, 2.75) is 209 Å². The molecule has 0 unspecified atom stereocenters. The van der Waals surface area contributed by atoms with E-state index in [2.05, 4.69) is 97.7 Å². The van der Waals surface area contributed by atoms with E-state index in [1.807, 2.05) is 67.6 Å². The lowest BCUT2D eigenvalue weighted by Gasteiger charge is -2.49. The Bertz CT molecular complexity index is 2300. The first-order chi connectivity index (χ1) is 38.0. The van der Waals surface area contributed by atoms with E-state index in [1.54, 1.807) is 48.6 Å². The van der Waals surface area contributed by atoms with Crippen LogP contribution in [0.5, 0.6) is 5.75 Å². The number of phenols is 1. The molecule has 80 heavy (non-hydrogen) atoms. The number of piperidine rings is 2. The summed E-state index contributed by atoms with van der Waals surface area (Å²) in [6.45, 7) is 20.9. The van der Waals surface area contributed by atoms with Crippen molar-refractivity contribution in [1.82, 2.24) is 31.1 Å². The first-order valence-electron chi connectivity index (χ1n) is 29.9. The molecule has 4 aromatic rings. The van der Waals surface area contributed by atoms with E-state index in [-0.39, 0.29) is 35.0 Å². The van der Waals surface area contributed by atoms with Crippen LogP contribution in [-0.2, 0) is 0 Å². The number of nitrogens with zero attached hydrogens (tertiary/aromatic N) is 2. The van der Waals surface area contributed by atoms with E-state index in [0.29, 0.717) is 59.4 Å². The number of aryl methyl sites for hydroxylation is 1. The van der Waals surface area contributed by atoms with Gasteiger partial charge in [-0.2, -0.15) is 0 Å². The number of likely N-dealkylation sites (tertiary alicyclic amines) is 2. The van der Waals surface area contributed by atoms with E-state index < -0.39 is 43.2 Å². The molecule has 4 aromatic carbocycles. The van der Waals surface area contributed by atoms with Gasteiger partial charge in [0.15, 0.2) is 0 Å². The highest BCUT2D eigenvalue weighted by Crippen LogP contribution is 2.41. The molecule has 11 N–H and O–H groups in total. The highest BCUT2D eigenvalue weighted by molar-refractivity contribution is 7.99. The lowest BCUT2D eigenvalue weighted by atomic mass is 9.72. The molecule has 0 radical (unpaired) electrons. The summed E-state index contributed by atoms with van der Waals surface area (Å²) in [4.78, 5) is 6.84. The largest absolute Gasteiger partial charge is 0.508 e. The zero-order chi connectivity index (χ0) is 57.7. The molecule has 4 aliphatic rings. The summed E-state index contributed by atoms with van der Waals surface area (Å²) in [6, 6.07) is 30.4. The van der Waals surface area contributed by atoms with Crippen LogP contribution in [0.15, 0.2) is 107 Å². The van der Waals surface area contributed by atoms with Crippen molar-refractivity contribution in [3.8, 4) is 5.75 Å². The van der Waals surface area contributed by atoms with Crippen molar-refractivity contribution in [1.29, 1.82) is 0 Å². The number of aliphatic hydroxyl groups is 6. The number of hydrogen-bond acceptors (Lipinski definition) is 15. The van der Waals surface area contributed by atoms with Crippen molar-refractivity contribution in [3.05, 3.63) is 125 Å². The minimum absolute atomic E-state index is 0.0559. The van der Waals surface area contributed by atoms with Gasteiger partial charge in [-0.05, 0) is 164 Å². The van der Waals surface area contributed by atoms with Gasteiger partial charge < -0.3 is 35.7 Å². The molecule has 0 spiro atoms. The first kappa shape index (κ1) is 64.5. The number of nitrogens with one attached hydrogen (secondary N) is 4. The molecular formula is C65H100N6O7S2. The van der Waals surface area contributed by atoms with E-state index in [4.69, 9.17) is 0 Å². The van der Waals surface area contributed by atoms with Gasteiger partial charge in [0.05, 0.1) is 12.2 Å². The SMILES string of the molecule is Cc1c(O)cccc1[C@@H](O)N[C@@H](CSc1ccccc1)[C@H](O)CN1C[C@H]2CCCC[C@H]2C[C@H]1[C@@H](O)NC(C)(C)C.Cc1cccc([C@@H](O)N[C@@H](CSc2ccccc2)[C@H](O)CN2C[C@H]3CCCC[C@H]3C[C@H]2[C@@H](O)NC(C)(C)C)c1C. The Morgan fingerprint density at radius 1 is 0.500 bits per heavy atom. The summed E-state index contributed by atoms with van der Waals surface area (Å²) in [7, 11) is 0. The van der Waals surface area contributed by atoms with Crippen molar-refractivity contribution < 1.29 is 35.7 Å². The smallest absolute Gasteiger partial charge is 0.131 e. The molecule has 2 aliphatic heterocycles. The number of hydrogen-bond donors (Lipinski definition) is 11. The average Bonchev–Trinajstić information content (AvgIpc) is 3.48. The van der Waals surface area contributed by atoms with Gasteiger partial charge in [0.25, 0.3) is 0 Å². The first-order valence-corrected chi connectivity index (χ1v) is 31.8. The lowest BCUT2D eigenvalue weighted by Crippen LogP contribution is -2.62. The van der Waals surface area contributed by atoms with Crippen molar-refractivity contribution >= 4 is 23.5 Å². The Morgan fingerprint density at radius 3 is 1.30 bits per heavy atom. The Kier molecular flexibility index (Phi) is 24.3. The lowest BCUT2D eigenvalue weighted by molar-refractivity contribution is -0.0657. The minimum atomic E-state index is -1.05. The average molecular weight is 1140 g/mol. The Balaban J connectivity index is 0.000000231. The maximum atomic E-state index is 11.8. The molecule has 2 heterocycles. The number of β-amino-alcohol motifs (C(OH)–C–C–N with tert-alkyl or cyclic N) is 2. The summed E-state index contributed by atoms with van der Waals surface area (Å²) in [6.07, 6.45) is 7.00. The molecule has 14 atom stereocenters. The van der Waals surface area contributed by atoms with Crippen molar-refractivity contribution in [3.63, 3.8) is 0 Å². The summed E-state index contributed by atoms with van der Waals surface area (Å²) < 4.78 is 0. The van der Waals surface area contributed by atoms with E-state index in [0.717, 1.165) is 52.4 Å². The molecule has 0 bridgehead atoms. The predicted octanol–water partition coefficient (Wildman–Crippen LogP) is 9.38. The van der Waals surface area contributed by atoms with Crippen LogP contribution in [0.3, 0.4) is 0 Å².